The van der Waals surface area contributed by atoms with E-state index in [1.54, 1.807) is 0 Å². The number of morpholine rings is 1. The smallest absolute Gasteiger partial charge is 0.0674 e. The van der Waals surface area contributed by atoms with E-state index >= 15 is 0 Å². The molecule has 0 aliphatic carbocycles. The summed E-state index contributed by atoms with van der Waals surface area (Å²) in [5.41, 5.74) is 9.41. The van der Waals surface area contributed by atoms with Crippen molar-refractivity contribution in [2.45, 2.75) is 39.5 Å². The second kappa shape index (κ2) is 5.07. The number of hydrogen-bond donors (Lipinski definition) is 1. The van der Waals surface area contributed by atoms with Crippen molar-refractivity contribution < 1.29 is 4.74 Å². The molecule has 0 spiro atoms. The lowest BCUT2D eigenvalue weighted by atomic mass is 10.1. The maximum atomic E-state index is 6.03. The first-order valence-corrected chi connectivity index (χ1v) is 6.27. The molecule has 2 N–H and O–H groups in total. The van der Waals surface area contributed by atoms with Crippen LogP contribution in [0.15, 0.2) is 18.2 Å². The van der Waals surface area contributed by atoms with Gasteiger partial charge in [0, 0.05) is 24.8 Å². The summed E-state index contributed by atoms with van der Waals surface area (Å²) < 4.78 is 5.64. The first kappa shape index (κ1) is 12.4. The van der Waals surface area contributed by atoms with Crippen LogP contribution < -0.4 is 5.73 Å². The van der Waals surface area contributed by atoms with Crippen LogP contribution in [0.1, 0.15) is 25.0 Å². The van der Waals surface area contributed by atoms with E-state index in [2.05, 4.69) is 37.8 Å². The Hall–Kier alpha value is -1.06. The predicted octanol–water partition coefficient (Wildman–Crippen LogP) is 2.19. The van der Waals surface area contributed by atoms with Gasteiger partial charge in [0.25, 0.3) is 0 Å². The Bertz CT molecular complexity index is 392. The van der Waals surface area contributed by atoms with Gasteiger partial charge in [0.15, 0.2) is 0 Å². The summed E-state index contributed by atoms with van der Waals surface area (Å²) in [7, 11) is 0. The van der Waals surface area contributed by atoms with Crippen molar-refractivity contribution >= 4 is 5.69 Å². The number of hydrogen-bond acceptors (Lipinski definition) is 3. The highest BCUT2D eigenvalue weighted by atomic mass is 16.5. The number of nitrogens with zero attached hydrogens (tertiary/aromatic N) is 1. The number of aryl methyl sites for hydroxylation is 1. The first-order chi connectivity index (χ1) is 8.06. The fraction of sp³-hybridized carbons (Fsp3) is 0.571. The molecule has 17 heavy (non-hydrogen) atoms. The van der Waals surface area contributed by atoms with Gasteiger partial charge in [0.1, 0.15) is 0 Å². The van der Waals surface area contributed by atoms with Gasteiger partial charge in [-0.15, -0.1) is 0 Å². The minimum Gasteiger partial charge on any atom is -0.398 e. The Labute approximate surface area is 104 Å². The van der Waals surface area contributed by atoms with Crippen LogP contribution in [0.3, 0.4) is 0 Å². The Morgan fingerprint density at radius 3 is 2.94 bits per heavy atom. The maximum Gasteiger partial charge on any atom is 0.0674 e. The number of benzene rings is 1. The fourth-order valence-electron chi connectivity index (χ4n) is 2.28. The van der Waals surface area contributed by atoms with E-state index < -0.39 is 0 Å². The van der Waals surface area contributed by atoms with Gasteiger partial charge in [-0.2, -0.15) is 0 Å². The predicted molar refractivity (Wildman–Crippen MR) is 70.9 cm³/mol. The second-order valence-corrected chi connectivity index (χ2v) is 5.12. The lowest BCUT2D eigenvalue weighted by Gasteiger charge is -2.37. The van der Waals surface area contributed by atoms with Crippen LogP contribution in [0.4, 0.5) is 5.69 Å². The number of anilines is 1. The zero-order chi connectivity index (χ0) is 12.4. The largest absolute Gasteiger partial charge is 0.398 e. The molecule has 0 bridgehead atoms. The molecular formula is C14H22N2O. The van der Waals surface area contributed by atoms with Crippen molar-refractivity contribution in [3.05, 3.63) is 29.3 Å². The van der Waals surface area contributed by atoms with Crippen molar-refractivity contribution in [2.24, 2.45) is 0 Å². The molecule has 1 aromatic rings. The minimum atomic E-state index is 0.317. The molecule has 1 aromatic carbocycles. The third-order valence-electron chi connectivity index (χ3n) is 3.41. The lowest BCUT2D eigenvalue weighted by molar-refractivity contribution is -0.0526. The van der Waals surface area contributed by atoms with E-state index in [1.807, 2.05) is 6.07 Å². The van der Waals surface area contributed by atoms with Crippen molar-refractivity contribution in [2.75, 3.05) is 18.9 Å². The third kappa shape index (κ3) is 2.99. The molecule has 0 aromatic heterocycles. The molecule has 1 aliphatic heterocycles. The molecule has 1 saturated heterocycles. The summed E-state index contributed by atoms with van der Waals surface area (Å²) in [5, 5.41) is 0. The monoisotopic (exact) mass is 234 g/mol. The van der Waals surface area contributed by atoms with Crippen molar-refractivity contribution in [3.63, 3.8) is 0 Å². The van der Waals surface area contributed by atoms with Crippen molar-refractivity contribution in [1.82, 2.24) is 4.90 Å². The van der Waals surface area contributed by atoms with E-state index in [4.69, 9.17) is 10.5 Å². The molecule has 0 saturated carbocycles. The van der Waals surface area contributed by atoms with Crippen molar-refractivity contribution in [3.8, 4) is 0 Å². The second-order valence-electron chi connectivity index (χ2n) is 5.12. The number of rotatable bonds is 2. The molecule has 1 aliphatic rings. The SMILES string of the molecule is Cc1ccc(N)c(CN2CC(C)OCC2C)c1. The van der Waals surface area contributed by atoms with Gasteiger partial charge in [-0.25, -0.2) is 0 Å². The molecule has 2 atom stereocenters. The first-order valence-electron chi connectivity index (χ1n) is 6.27. The van der Waals surface area contributed by atoms with Crippen LogP contribution in [-0.2, 0) is 11.3 Å². The molecular weight excluding hydrogens is 212 g/mol. The Morgan fingerprint density at radius 2 is 2.18 bits per heavy atom. The van der Waals surface area contributed by atoms with Crippen LogP contribution >= 0.6 is 0 Å². The average molecular weight is 234 g/mol. The zero-order valence-electron chi connectivity index (χ0n) is 10.9. The normalized spacial score (nSPS) is 26.1. The summed E-state index contributed by atoms with van der Waals surface area (Å²) in [5.74, 6) is 0. The zero-order valence-corrected chi connectivity index (χ0v) is 10.9. The Kier molecular flexibility index (Phi) is 3.69. The topological polar surface area (TPSA) is 38.5 Å². The Morgan fingerprint density at radius 1 is 1.41 bits per heavy atom. The molecule has 1 fully saturated rings. The van der Waals surface area contributed by atoms with Gasteiger partial charge < -0.3 is 10.5 Å². The van der Waals surface area contributed by atoms with E-state index in [0.717, 1.165) is 25.4 Å². The summed E-state index contributed by atoms with van der Waals surface area (Å²) >= 11 is 0. The van der Waals surface area contributed by atoms with Crippen LogP contribution in [0.25, 0.3) is 0 Å². The van der Waals surface area contributed by atoms with Crippen LogP contribution in [0.5, 0.6) is 0 Å². The number of nitrogen functional groups attached to an aromatic ring is 1. The van der Waals surface area contributed by atoms with Gasteiger partial charge in [-0.1, -0.05) is 17.7 Å². The van der Waals surface area contributed by atoms with E-state index in [9.17, 15) is 0 Å². The molecule has 2 unspecified atom stereocenters. The van der Waals surface area contributed by atoms with Crippen LogP contribution in [-0.4, -0.2) is 30.2 Å². The van der Waals surface area contributed by atoms with E-state index in [0.29, 0.717) is 12.1 Å². The standard InChI is InChI=1S/C14H22N2O/c1-10-4-5-14(15)13(6-10)8-16-7-12(3)17-9-11(16)2/h4-6,11-12H,7-9,15H2,1-3H3. The highest BCUT2D eigenvalue weighted by Crippen LogP contribution is 2.20. The third-order valence-corrected chi connectivity index (χ3v) is 3.41. The molecule has 1 heterocycles. The Balaban J connectivity index is 2.11. The quantitative estimate of drug-likeness (QED) is 0.797. The summed E-state index contributed by atoms with van der Waals surface area (Å²) in [6, 6.07) is 6.71. The van der Waals surface area contributed by atoms with Gasteiger partial charge in [-0.3, -0.25) is 4.90 Å². The molecule has 94 valence electrons. The van der Waals surface area contributed by atoms with E-state index in [1.165, 1.54) is 11.1 Å². The van der Waals surface area contributed by atoms with Crippen molar-refractivity contribution in [1.29, 1.82) is 0 Å². The van der Waals surface area contributed by atoms with Gasteiger partial charge in [-0.05, 0) is 32.4 Å². The minimum absolute atomic E-state index is 0.317. The maximum absolute atomic E-state index is 6.03. The summed E-state index contributed by atoms with van der Waals surface area (Å²) in [6.45, 7) is 9.15. The lowest BCUT2D eigenvalue weighted by Crippen LogP contribution is -2.46. The van der Waals surface area contributed by atoms with Crippen LogP contribution in [0.2, 0.25) is 0 Å². The average Bonchev–Trinajstić information content (AvgIpc) is 2.28. The summed E-state index contributed by atoms with van der Waals surface area (Å²) in [6.07, 6.45) is 0.317. The fourth-order valence-corrected chi connectivity index (χ4v) is 2.28. The summed E-state index contributed by atoms with van der Waals surface area (Å²) in [4.78, 5) is 2.44. The molecule has 3 nitrogen and oxygen atoms in total. The molecule has 0 amide bonds. The van der Waals surface area contributed by atoms with Gasteiger partial charge in [0.2, 0.25) is 0 Å². The van der Waals surface area contributed by atoms with E-state index in [-0.39, 0.29) is 0 Å². The van der Waals surface area contributed by atoms with Gasteiger partial charge >= 0.3 is 0 Å². The number of nitrogens with two attached hydrogens (primary N) is 1. The van der Waals surface area contributed by atoms with Crippen LogP contribution in [0, 0.1) is 6.92 Å². The number of ether oxygens (including phenoxy) is 1. The molecule has 0 radical (unpaired) electrons. The molecule has 3 heteroatoms. The highest BCUT2D eigenvalue weighted by molar-refractivity contribution is 5.48. The highest BCUT2D eigenvalue weighted by Gasteiger charge is 2.23. The van der Waals surface area contributed by atoms with Gasteiger partial charge in [0.05, 0.1) is 12.7 Å². The molecule has 2 rings (SSSR count).